The Bertz CT molecular complexity index is 1150. The molecule has 0 spiro atoms. The van der Waals surface area contributed by atoms with Crippen molar-refractivity contribution >= 4 is 16.8 Å². The van der Waals surface area contributed by atoms with Crippen LogP contribution < -0.4 is 5.56 Å². The smallest absolute Gasteiger partial charge is 0.293 e. The van der Waals surface area contributed by atoms with Crippen molar-refractivity contribution in [3.8, 4) is 5.69 Å². The lowest BCUT2D eigenvalue weighted by atomic mass is 10.1. The SMILES string of the molecule is Cc1ccc(-n2ncc3c(C(C)C)nn(CC(=O)N4CCCCC4)c(=O)c32)cc1C. The molecule has 1 aliphatic rings. The zero-order valence-corrected chi connectivity index (χ0v) is 18.2. The molecule has 1 amide bonds. The Morgan fingerprint density at radius 1 is 1.10 bits per heavy atom. The number of benzene rings is 1. The van der Waals surface area contributed by atoms with Gasteiger partial charge >= 0.3 is 0 Å². The van der Waals surface area contributed by atoms with Gasteiger partial charge in [-0.3, -0.25) is 9.59 Å². The Morgan fingerprint density at radius 2 is 1.83 bits per heavy atom. The van der Waals surface area contributed by atoms with Gasteiger partial charge < -0.3 is 4.90 Å². The van der Waals surface area contributed by atoms with Gasteiger partial charge in [-0.05, 0) is 62.3 Å². The van der Waals surface area contributed by atoms with Crippen molar-refractivity contribution < 1.29 is 4.79 Å². The quantitative estimate of drug-likeness (QED) is 0.665. The Kier molecular flexibility index (Phi) is 5.45. The molecular weight excluding hydrogens is 378 g/mol. The van der Waals surface area contributed by atoms with Crippen LogP contribution in [-0.2, 0) is 11.3 Å². The lowest BCUT2D eigenvalue weighted by Gasteiger charge is -2.26. The third kappa shape index (κ3) is 3.64. The predicted octanol–water partition coefficient (Wildman–Crippen LogP) is 3.33. The maximum absolute atomic E-state index is 13.4. The number of hydrogen-bond acceptors (Lipinski definition) is 4. The number of likely N-dealkylation sites (tertiary alicyclic amines) is 1. The molecule has 3 aromatic rings. The van der Waals surface area contributed by atoms with E-state index in [1.54, 1.807) is 10.9 Å². The van der Waals surface area contributed by atoms with E-state index >= 15 is 0 Å². The number of carbonyl (C=O) groups is 1. The molecule has 0 aliphatic carbocycles. The van der Waals surface area contributed by atoms with E-state index in [0.29, 0.717) is 5.52 Å². The third-order valence-corrected chi connectivity index (χ3v) is 5.99. The number of amides is 1. The molecule has 2 aromatic heterocycles. The van der Waals surface area contributed by atoms with E-state index in [2.05, 4.69) is 17.1 Å². The summed E-state index contributed by atoms with van der Waals surface area (Å²) in [6.07, 6.45) is 4.90. The molecular formula is C23H29N5O2. The average Bonchev–Trinajstić information content (AvgIpc) is 3.18. The highest BCUT2D eigenvalue weighted by Gasteiger charge is 2.22. The van der Waals surface area contributed by atoms with Crippen molar-refractivity contribution in [1.82, 2.24) is 24.5 Å². The Morgan fingerprint density at radius 3 is 2.50 bits per heavy atom. The normalized spacial score (nSPS) is 14.6. The molecule has 3 heterocycles. The van der Waals surface area contributed by atoms with Crippen molar-refractivity contribution in [3.63, 3.8) is 0 Å². The second-order valence-electron chi connectivity index (χ2n) is 8.53. The van der Waals surface area contributed by atoms with Crippen molar-refractivity contribution in [2.24, 2.45) is 0 Å². The van der Waals surface area contributed by atoms with Crippen LogP contribution in [0, 0.1) is 13.8 Å². The summed E-state index contributed by atoms with van der Waals surface area (Å²) in [7, 11) is 0. The summed E-state index contributed by atoms with van der Waals surface area (Å²) in [4.78, 5) is 28.1. The molecule has 1 aromatic carbocycles. The van der Waals surface area contributed by atoms with Crippen molar-refractivity contribution in [3.05, 3.63) is 51.6 Å². The molecule has 4 rings (SSSR count). The monoisotopic (exact) mass is 407 g/mol. The topological polar surface area (TPSA) is 73.0 Å². The summed E-state index contributed by atoms with van der Waals surface area (Å²) in [6, 6.07) is 6.02. The van der Waals surface area contributed by atoms with E-state index in [9.17, 15) is 9.59 Å². The average molecular weight is 408 g/mol. The Labute approximate surface area is 176 Å². The van der Waals surface area contributed by atoms with E-state index in [1.165, 1.54) is 10.2 Å². The van der Waals surface area contributed by atoms with E-state index < -0.39 is 0 Å². The first kappa shape index (κ1) is 20.3. The highest BCUT2D eigenvalue weighted by atomic mass is 16.2. The van der Waals surface area contributed by atoms with Gasteiger partial charge in [-0.25, -0.2) is 9.36 Å². The van der Waals surface area contributed by atoms with Gasteiger partial charge in [-0.15, -0.1) is 0 Å². The molecule has 1 aliphatic heterocycles. The molecule has 0 radical (unpaired) electrons. The second-order valence-corrected chi connectivity index (χ2v) is 8.53. The highest BCUT2D eigenvalue weighted by Crippen LogP contribution is 2.24. The summed E-state index contributed by atoms with van der Waals surface area (Å²) in [5, 5.41) is 9.84. The van der Waals surface area contributed by atoms with Gasteiger partial charge in [0.15, 0.2) is 0 Å². The number of aryl methyl sites for hydroxylation is 2. The van der Waals surface area contributed by atoms with Crippen LogP contribution in [0.2, 0.25) is 0 Å². The van der Waals surface area contributed by atoms with Gasteiger partial charge in [-0.2, -0.15) is 10.2 Å². The number of fused-ring (bicyclic) bond motifs is 1. The second kappa shape index (κ2) is 8.05. The summed E-state index contributed by atoms with van der Waals surface area (Å²) >= 11 is 0. The third-order valence-electron chi connectivity index (χ3n) is 5.99. The van der Waals surface area contributed by atoms with Crippen LogP contribution in [-0.4, -0.2) is 43.5 Å². The van der Waals surface area contributed by atoms with E-state index in [0.717, 1.165) is 54.7 Å². The lowest BCUT2D eigenvalue weighted by Crippen LogP contribution is -2.40. The van der Waals surface area contributed by atoms with Crippen LogP contribution >= 0.6 is 0 Å². The van der Waals surface area contributed by atoms with Gasteiger partial charge in [0.05, 0.1) is 17.6 Å². The molecule has 0 bridgehead atoms. The molecule has 0 saturated carbocycles. The predicted molar refractivity (Wildman–Crippen MR) is 117 cm³/mol. The maximum atomic E-state index is 13.4. The van der Waals surface area contributed by atoms with Crippen molar-refractivity contribution in [1.29, 1.82) is 0 Å². The highest BCUT2D eigenvalue weighted by molar-refractivity contribution is 5.82. The molecule has 1 fully saturated rings. The largest absolute Gasteiger partial charge is 0.341 e. The standard InChI is InChI=1S/C23H29N5O2/c1-15(2)21-19-13-24-28(18-9-8-16(3)17(4)12-18)22(19)23(30)27(25-21)14-20(29)26-10-6-5-7-11-26/h8-9,12-13,15H,5-7,10-11,14H2,1-4H3. The number of nitrogens with zero attached hydrogens (tertiary/aromatic N) is 5. The zero-order valence-electron chi connectivity index (χ0n) is 18.2. The first-order valence-corrected chi connectivity index (χ1v) is 10.7. The summed E-state index contributed by atoms with van der Waals surface area (Å²) in [6.45, 7) is 9.65. The van der Waals surface area contributed by atoms with E-state index in [-0.39, 0.29) is 23.9 Å². The Hall–Kier alpha value is -2.96. The molecule has 1 saturated heterocycles. The minimum Gasteiger partial charge on any atom is -0.341 e. The lowest BCUT2D eigenvalue weighted by molar-refractivity contribution is -0.133. The minimum atomic E-state index is -0.282. The molecule has 30 heavy (non-hydrogen) atoms. The number of piperidine rings is 1. The van der Waals surface area contributed by atoms with Crippen LogP contribution in [0.4, 0.5) is 0 Å². The van der Waals surface area contributed by atoms with E-state index in [1.807, 2.05) is 43.9 Å². The van der Waals surface area contributed by atoms with Crippen LogP contribution in [0.15, 0.2) is 29.2 Å². The van der Waals surface area contributed by atoms with Gasteiger partial charge in [0.25, 0.3) is 5.56 Å². The first-order chi connectivity index (χ1) is 14.4. The molecule has 158 valence electrons. The maximum Gasteiger partial charge on any atom is 0.293 e. The number of hydrogen-bond donors (Lipinski definition) is 0. The minimum absolute atomic E-state index is 0.0351. The van der Waals surface area contributed by atoms with Crippen LogP contribution in [0.5, 0.6) is 0 Å². The van der Waals surface area contributed by atoms with E-state index in [4.69, 9.17) is 0 Å². The van der Waals surface area contributed by atoms with Gasteiger partial charge in [0.2, 0.25) is 5.91 Å². The van der Waals surface area contributed by atoms with Crippen LogP contribution in [0.3, 0.4) is 0 Å². The number of rotatable bonds is 4. The number of carbonyl (C=O) groups excluding carboxylic acids is 1. The summed E-state index contributed by atoms with van der Waals surface area (Å²) < 4.78 is 3.01. The van der Waals surface area contributed by atoms with Gasteiger partial charge in [-0.1, -0.05) is 19.9 Å². The zero-order chi connectivity index (χ0) is 21.4. The summed E-state index contributed by atoms with van der Waals surface area (Å²) in [5.74, 6) is 0.0532. The Balaban J connectivity index is 1.83. The van der Waals surface area contributed by atoms with Crippen LogP contribution in [0.25, 0.3) is 16.6 Å². The first-order valence-electron chi connectivity index (χ1n) is 10.7. The summed E-state index contributed by atoms with van der Waals surface area (Å²) in [5.41, 5.74) is 4.13. The molecule has 0 atom stereocenters. The molecule has 7 heteroatoms. The van der Waals surface area contributed by atoms with Gasteiger partial charge in [0.1, 0.15) is 12.1 Å². The fourth-order valence-corrected chi connectivity index (χ4v) is 4.05. The molecule has 0 N–H and O–H groups in total. The fraction of sp³-hybridized carbons (Fsp3) is 0.478. The van der Waals surface area contributed by atoms with Crippen molar-refractivity contribution in [2.75, 3.05) is 13.1 Å². The molecule has 0 unspecified atom stereocenters. The number of aromatic nitrogens is 4. The van der Waals surface area contributed by atoms with Crippen LogP contribution in [0.1, 0.15) is 55.8 Å². The van der Waals surface area contributed by atoms with Crippen molar-refractivity contribution in [2.45, 2.75) is 59.4 Å². The fourth-order valence-electron chi connectivity index (χ4n) is 4.05. The molecule has 7 nitrogen and oxygen atoms in total. The van der Waals surface area contributed by atoms with Gasteiger partial charge in [0, 0.05) is 18.5 Å².